The number of pyridine rings is 1. The van der Waals surface area contributed by atoms with Crippen LogP contribution in [0.5, 0.6) is 11.5 Å². The van der Waals surface area contributed by atoms with E-state index in [0.717, 1.165) is 22.6 Å². The zero-order valence-electron chi connectivity index (χ0n) is 17.5. The molecule has 0 saturated heterocycles. The van der Waals surface area contributed by atoms with Gasteiger partial charge in [-0.25, -0.2) is 4.98 Å². The fourth-order valence-electron chi connectivity index (χ4n) is 3.58. The normalized spacial score (nSPS) is 11.6. The topological polar surface area (TPSA) is 31.4 Å². The second-order valence-corrected chi connectivity index (χ2v) is 7.69. The lowest BCUT2D eigenvalue weighted by molar-refractivity contribution is -0.138. The molecule has 0 aliphatic heterocycles. The zero-order valence-corrected chi connectivity index (χ0v) is 18.2. The Bertz CT molecular complexity index is 946. The summed E-state index contributed by atoms with van der Waals surface area (Å²) in [5.41, 5.74) is 1.76. The maximum absolute atomic E-state index is 13.3. The zero-order chi connectivity index (χ0) is 22.6. The molecule has 1 heterocycles. The molecule has 0 aliphatic rings. The van der Waals surface area contributed by atoms with Crippen LogP contribution in [0.2, 0.25) is 5.15 Å². The van der Waals surface area contributed by atoms with E-state index < -0.39 is 16.9 Å². The van der Waals surface area contributed by atoms with Crippen LogP contribution in [0.25, 0.3) is 0 Å². The third-order valence-electron chi connectivity index (χ3n) is 5.18. The number of ether oxygens (including phenoxy) is 2. The Balaban J connectivity index is 1.97. The van der Waals surface area contributed by atoms with E-state index >= 15 is 0 Å². The smallest absolute Gasteiger partial charge is 0.419 e. The minimum Gasteiger partial charge on any atom is -0.497 e. The number of hydrogen-bond acceptors (Lipinski definition) is 3. The fraction of sp³-hybridized carbons (Fsp3) is 0.292. The molecule has 3 aromatic rings. The van der Waals surface area contributed by atoms with Gasteiger partial charge in [-0.2, -0.15) is 13.2 Å². The highest BCUT2D eigenvalue weighted by atomic mass is 35.5. The van der Waals surface area contributed by atoms with Crippen LogP contribution in [0.1, 0.15) is 33.9 Å². The summed E-state index contributed by atoms with van der Waals surface area (Å²) >= 11 is 5.98. The van der Waals surface area contributed by atoms with Gasteiger partial charge in [0.25, 0.3) is 0 Å². The molecule has 0 N–H and O–H groups in total. The summed E-state index contributed by atoms with van der Waals surface area (Å²) in [5, 5.41) is -0.517. The van der Waals surface area contributed by atoms with Crippen LogP contribution in [-0.4, -0.2) is 19.2 Å². The van der Waals surface area contributed by atoms with Crippen molar-refractivity contribution in [1.82, 2.24) is 4.98 Å². The van der Waals surface area contributed by atoms with Crippen molar-refractivity contribution in [2.24, 2.45) is 0 Å². The molecule has 2 aromatic carbocycles. The average molecular weight is 450 g/mol. The first kappa shape index (κ1) is 22.9. The Morgan fingerprint density at radius 1 is 0.871 bits per heavy atom. The van der Waals surface area contributed by atoms with Gasteiger partial charge in [-0.15, -0.1) is 0 Å². The van der Waals surface area contributed by atoms with Gasteiger partial charge in [0.2, 0.25) is 0 Å². The van der Waals surface area contributed by atoms with Crippen molar-refractivity contribution in [2.45, 2.75) is 31.9 Å². The largest absolute Gasteiger partial charge is 0.497 e. The Labute approximate surface area is 184 Å². The van der Waals surface area contributed by atoms with Crippen molar-refractivity contribution >= 4 is 11.6 Å². The molecule has 7 heteroatoms. The highest BCUT2D eigenvalue weighted by Gasteiger charge is 2.36. The van der Waals surface area contributed by atoms with Crippen molar-refractivity contribution < 1.29 is 22.6 Å². The molecule has 0 saturated carbocycles. The van der Waals surface area contributed by atoms with Crippen LogP contribution in [0.3, 0.4) is 0 Å². The number of aromatic nitrogens is 1. The molecular formula is C24H23ClF3NO2. The predicted octanol–water partition coefficient (Wildman–Crippen LogP) is 6.65. The monoisotopic (exact) mass is 449 g/mol. The molecule has 0 aliphatic carbocycles. The van der Waals surface area contributed by atoms with E-state index in [1.165, 1.54) is 13.0 Å². The maximum Gasteiger partial charge on any atom is 0.419 e. The first-order chi connectivity index (χ1) is 14.7. The quantitative estimate of drug-likeness (QED) is 0.378. The minimum absolute atomic E-state index is 0.0666. The number of alkyl halides is 3. The van der Waals surface area contributed by atoms with Gasteiger partial charge in [-0.1, -0.05) is 35.9 Å². The van der Waals surface area contributed by atoms with Crippen LogP contribution in [0.4, 0.5) is 13.2 Å². The molecule has 164 valence electrons. The molecule has 0 atom stereocenters. The Morgan fingerprint density at radius 3 is 1.68 bits per heavy atom. The molecule has 0 fully saturated rings. The lowest BCUT2D eigenvalue weighted by Crippen LogP contribution is -2.14. The molecular weight excluding hydrogens is 427 g/mol. The third-order valence-corrected chi connectivity index (χ3v) is 5.45. The molecule has 0 unspecified atom stereocenters. The predicted molar refractivity (Wildman–Crippen MR) is 115 cm³/mol. The van der Waals surface area contributed by atoms with Crippen molar-refractivity contribution in [1.29, 1.82) is 0 Å². The Hall–Kier alpha value is -2.73. The van der Waals surface area contributed by atoms with Crippen LogP contribution >= 0.6 is 11.6 Å². The number of nitrogens with zero attached hydrogens (tertiary/aromatic N) is 1. The van der Waals surface area contributed by atoms with Crippen LogP contribution in [-0.2, 0) is 19.0 Å². The maximum atomic E-state index is 13.3. The molecule has 3 nitrogen and oxygen atoms in total. The highest BCUT2D eigenvalue weighted by molar-refractivity contribution is 6.30. The number of halogens is 4. The van der Waals surface area contributed by atoms with E-state index in [4.69, 9.17) is 21.1 Å². The van der Waals surface area contributed by atoms with Crippen LogP contribution in [0, 0.1) is 6.92 Å². The number of methoxy groups -OCH3 is 2. The van der Waals surface area contributed by atoms with Crippen molar-refractivity contribution in [3.05, 3.63) is 87.7 Å². The third kappa shape index (κ3) is 5.70. The fourth-order valence-corrected chi connectivity index (χ4v) is 3.94. The van der Waals surface area contributed by atoms with Gasteiger partial charge in [0.1, 0.15) is 16.7 Å². The van der Waals surface area contributed by atoms with Gasteiger partial charge >= 0.3 is 6.18 Å². The molecule has 0 bridgehead atoms. The van der Waals surface area contributed by atoms with Gasteiger partial charge in [-0.3, -0.25) is 0 Å². The summed E-state index contributed by atoms with van der Waals surface area (Å²) in [6.45, 7) is 1.41. The van der Waals surface area contributed by atoms with Crippen molar-refractivity contribution in [2.75, 3.05) is 14.2 Å². The minimum atomic E-state index is -4.55. The highest BCUT2D eigenvalue weighted by Crippen LogP contribution is 2.38. The molecule has 3 rings (SSSR count). The van der Waals surface area contributed by atoms with Gasteiger partial charge < -0.3 is 9.47 Å². The van der Waals surface area contributed by atoms with E-state index in [0.29, 0.717) is 18.5 Å². The van der Waals surface area contributed by atoms with Gasteiger partial charge in [0.05, 0.1) is 19.8 Å². The Kier molecular flexibility index (Phi) is 7.11. The molecule has 31 heavy (non-hydrogen) atoms. The van der Waals surface area contributed by atoms with E-state index in [9.17, 15) is 13.2 Å². The summed E-state index contributed by atoms with van der Waals surface area (Å²) in [6.07, 6.45) is -3.37. The van der Waals surface area contributed by atoms with Crippen molar-refractivity contribution in [3.63, 3.8) is 0 Å². The molecule has 0 radical (unpaired) electrons. The van der Waals surface area contributed by atoms with Crippen LogP contribution in [0.15, 0.2) is 54.6 Å². The lowest BCUT2D eigenvalue weighted by Gasteiger charge is -2.20. The second kappa shape index (κ2) is 9.60. The van der Waals surface area contributed by atoms with E-state index in [1.54, 1.807) is 14.2 Å². The lowest BCUT2D eigenvalue weighted by atomic mass is 9.88. The standard InChI is InChI=1S/C24H23ClF3NO2/c1-15-12-21(29-23(25)22(15)24(26,27)28)18(13-16-4-8-19(30-2)9-5-16)14-17-6-10-20(31-3)11-7-17/h4-12,18H,13-14H2,1-3H3. The first-order valence-electron chi connectivity index (χ1n) is 9.71. The van der Waals surface area contributed by atoms with Gasteiger partial charge in [0.15, 0.2) is 0 Å². The summed E-state index contributed by atoms with van der Waals surface area (Å²) in [7, 11) is 3.19. The van der Waals surface area contributed by atoms with Crippen molar-refractivity contribution in [3.8, 4) is 11.5 Å². The van der Waals surface area contributed by atoms with E-state index in [2.05, 4.69) is 4.98 Å². The number of benzene rings is 2. The number of hydrogen-bond donors (Lipinski definition) is 0. The molecule has 1 aromatic heterocycles. The second-order valence-electron chi connectivity index (χ2n) is 7.33. The molecule has 0 spiro atoms. The number of aryl methyl sites for hydroxylation is 1. The molecule has 0 amide bonds. The summed E-state index contributed by atoms with van der Waals surface area (Å²) < 4.78 is 50.4. The SMILES string of the molecule is COc1ccc(CC(Cc2ccc(OC)cc2)c2cc(C)c(C(F)(F)F)c(Cl)n2)cc1. The van der Waals surface area contributed by atoms with E-state index in [-0.39, 0.29) is 11.5 Å². The average Bonchev–Trinajstić information content (AvgIpc) is 2.72. The Morgan fingerprint density at radius 2 is 1.32 bits per heavy atom. The van der Waals surface area contributed by atoms with Gasteiger partial charge in [0, 0.05) is 11.6 Å². The summed E-state index contributed by atoms with van der Waals surface area (Å²) in [5.74, 6) is 1.31. The summed E-state index contributed by atoms with van der Waals surface area (Å²) in [6, 6.07) is 16.7. The summed E-state index contributed by atoms with van der Waals surface area (Å²) in [4.78, 5) is 4.16. The van der Waals surface area contributed by atoms with Crippen LogP contribution < -0.4 is 9.47 Å². The van der Waals surface area contributed by atoms with E-state index in [1.807, 2.05) is 48.5 Å². The first-order valence-corrected chi connectivity index (χ1v) is 10.1. The number of rotatable bonds is 7. The van der Waals surface area contributed by atoms with Gasteiger partial charge in [-0.05, 0) is 66.8 Å².